The van der Waals surface area contributed by atoms with Crippen LogP contribution >= 0.6 is 11.8 Å². The topological polar surface area (TPSA) is 96.3 Å². The highest BCUT2D eigenvalue weighted by molar-refractivity contribution is 7.98. The molecule has 0 spiro atoms. The van der Waals surface area contributed by atoms with E-state index < -0.39 is 0 Å². The summed E-state index contributed by atoms with van der Waals surface area (Å²) in [6.07, 6.45) is 0. The van der Waals surface area contributed by atoms with E-state index in [1.807, 2.05) is 50.2 Å². The summed E-state index contributed by atoms with van der Waals surface area (Å²) in [7, 11) is 1.60. The summed E-state index contributed by atoms with van der Waals surface area (Å²) in [5.41, 5.74) is 3.02. The number of methoxy groups -OCH3 is 1. The van der Waals surface area contributed by atoms with E-state index in [1.165, 1.54) is 11.8 Å². The molecule has 0 aliphatic heterocycles. The van der Waals surface area contributed by atoms with Gasteiger partial charge < -0.3 is 18.3 Å². The lowest BCUT2D eigenvalue weighted by atomic mass is 10.1. The van der Waals surface area contributed by atoms with Gasteiger partial charge in [0.1, 0.15) is 11.5 Å². The molecular formula is C21H20N4O4S. The third kappa shape index (κ3) is 4.80. The van der Waals surface area contributed by atoms with E-state index in [4.69, 9.17) is 18.3 Å². The van der Waals surface area contributed by atoms with Crippen LogP contribution in [0.5, 0.6) is 11.5 Å². The Bertz CT molecular complexity index is 1120. The molecule has 9 heteroatoms. The van der Waals surface area contributed by atoms with E-state index in [0.29, 0.717) is 34.4 Å². The van der Waals surface area contributed by atoms with Crippen molar-refractivity contribution in [1.82, 2.24) is 20.4 Å². The van der Waals surface area contributed by atoms with Gasteiger partial charge in [0.2, 0.25) is 5.89 Å². The van der Waals surface area contributed by atoms with Crippen LogP contribution in [0, 0.1) is 13.8 Å². The van der Waals surface area contributed by atoms with Crippen LogP contribution in [0.3, 0.4) is 0 Å². The van der Waals surface area contributed by atoms with Crippen LogP contribution in [0.1, 0.15) is 22.9 Å². The summed E-state index contributed by atoms with van der Waals surface area (Å²) in [5, 5.41) is 16.6. The number of para-hydroxylation sites is 1. The van der Waals surface area contributed by atoms with Crippen molar-refractivity contribution in [3.8, 4) is 23.0 Å². The molecule has 2 aromatic heterocycles. The van der Waals surface area contributed by atoms with Gasteiger partial charge in [-0.15, -0.1) is 20.4 Å². The van der Waals surface area contributed by atoms with Crippen LogP contribution in [-0.2, 0) is 12.4 Å². The Morgan fingerprint density at radius 1 is 0.900 bits per heavy atom. The number of aromatic nitrogens is 4. The second-order valence-corrected chi connectivity index (χ2v) is 7.49. The van der Waals surface area contributed by atoms with E-state index in [9.17, 15) is 0 Å². The van der Waals surface area contributed by atoms with Gasteiger partial charge in [-0.25, -0.2) is 0 Å². The first-order chi connectivity index (χ1) is 14.6. The Kier molecular flexibility index (Phi) is 5.99. The highest BCUT2D eigenvalue weighted by atomic mass is 32.2. The van der Waals surface area contributed by atoms with Gasteiger partial charge in [-0.05, 0) is 49.2 Å². The number of ether oxygens (including phenoxy) is 2. The molecule has 154 valence electrons. The maximum Gasteiger partial charge on any atom is 0.277 e. The Hall–Kier alpha value is -3.33. The third-order valence-electron chi connectivity index (χ3n) is 4.13. The predicted octanol–water partition coefficient (Wildman–Crippen LogP) is 4.62. The highest BCUT2D eigenvalue weighted by Gasteiger charge is 2.15. The van der Waals surface area contributed by atoms with E-state index in [-0.39, 0.29) is 6.61 Å². The van der Waals surface area contributed by atoms with Crippen molar-refractivity contribution in [3.63, 3.8) is 0 Å². The molecule has 0 radical (unpaired) electrons. The van der Waals surface area contributed by atoms with Crippen LogP contribution in [0.15, 0.2) is 56.5 Å². The molecule has 8 nitrogen and oxygen atoms in total. The first kappa shape index (κ1) is 20.0. The lowest BCUT2D eigenvalue weighted by Crippen LogP contribution is -1.96. The van der Waals surface area contributed by atoms with Crippen molar-refractivity contribution in [1.29, 1.82) is 0 Å². The summed E-state index contributed by atoms with van der Waals surface area (Å²) in [6.45, 7) is 4.26. The van der Waals surface area contributed by atoms with Crippen molar-refractivity contribution in [2.24, 2.45) is 0 Å². The fourth-order valence-corrected chi connectivity index (χ4v) is 3.50. The average molecular weight is 424 g/mol. The van der Waals surface area contributed by atoms with Gasteiger partial charge in [0.15, 0.2) is 6.61 Å². The lowest BCUT2D eigenvalue weighted by Gasteiger charge is -2.05. The van der Waals surface area contributed by atoms with Crippen molar-refractivity contribution in [3.05, 3.63) is 65.4 Å². The summed E-state index contributed by atoms with van der Waals surface area (Å²) in [4.78, 5) is 0. The van der Waals surface area contributed by atoms with Crippen LogP contribution in [0.25, 0.3) is 11.5 Å². The standard InChI is InChI=1S/C21H20N4O4S/c1-13-8-14(2)10-15(9-13)27-11-18-22-25-21(29-18)30-12-19-23-24-20(28-19)16-6-4-5-7-17(16)26-3/h4-10H,11-12H2,1-3H3. The summed E-state index contributed by atoms with van der Waals surface area (Å²) in [5.74, 6) is 3.10. The predicted molar refractivity (Wildman–Crippen MR) is 110 cm³/mol. The van der Waals surface area contributed by atoms with Gasteiger partial charge in [-0.1, -0.05) is 30.0 Å². The zero-order valence-electron chi connectivity index (χ0n) is 16.8. The van der Waals surface area contributed by atoms with Crippen molar-refractivity contribution in [2.75, 3.05) is 7.11 Å². The molecule has 0 fully saturated rings. The Labute approximate surface area is 177 Å². The molecule has 0 atom stereocenters. The summed E-state index contributed by atoms with van der Waals surface area (Å²) < 4.78 is 22.4. The van der Waals surface area contributed by atoms with Crippen molar-refractivity contribution < 1.29 is 18.3 Å². The minimum Gasteiger partial charge on any atom is -0.496 e. The monoisotopic (exact) mass is 424 g/mol. The molecule has 0 amide bonds. The lowest BCUT2D eigenvalue weighted by molar-refractivity contribution is 0.252. The second kappa shape index (κ2) is 9.00. The number of hydrogen-bond donors (Lipinski definition) is 0. The van der Waals surface area contributed by atoms with Crippen LogP contribution in [0.2, 0.25) is 0 Å². The molecule has 0 saturated carbocycles. The van der Waals surface area contributed by atoms with E-state index >= 15 is 0 Å². The van der Waals surface area contributed by atoms with Gasteiger partial charge in [-0.3, -0.25) is 0 Å². The quantitative estimate of drug-likeness (QED) is 0.375. The van der Waals surface area contributed by atoms with Gasteiger partial charge in [-0.2, -0.15) is 0 Å². The number of aryl methyl sites for hydroxylation is 2. The molecule has 2 aromatic carbocycles. The van der Waals surface area contributed by atoms with Crippen LogP contribution in [-0.4, -0.2) is 27.5 Å². The molecule has 4 aromatic rings. The molecule has 0 saturated heterocycles. The number of benzene rings is 2. The SMILES string of the molecule is COc1ccccc1-c1nnc(CSc2nnc(COc3cc(C)cc(C)c3)o2)o1. The van der Waals surface area contributed by atoms with E-state index in [2.05, 4.69) is 26.5 Å². The number of hydrogen-bond acceptors (Lipinski definition) is 9. The molecular weight excluding hydrogens is 404 g/mol. The Morgan fingerprint density at radius 3 is 2.47 bits per heavy atom. The largest absolute Gasteiger partial charge is 0.496 e. The van der Waals surface area contributed by atoms with E-state index in [0.717, 1.165) is 22.4 Å². The highest BCUT2D eigenvalue weighted by Crippen LogP contribution is 2.29. The number of thioether (sulfide) groups is 1. The minimum atomic E-state index is 0.203. The van der Waals surface area contributed by atoms with Crippen LogP contribution in [0.4, 0.5) is 0 Å². The summed E-state index contributed by atoms with van der Waals surface area (Å²) in [6, 6.07) is 13.5. The molecule has 0 unspecified atom stereocenters. The molecule has 4 rings (SSSR count). The van der Waals surface area contributed by atoms with Gasteiger partial charge in [0.05, 0.1) is 18.4 Å². The van der Waals surface area contributed by atoms with Gasteiger partial charge in [0.25, 0.3) is 17.0 Å². The van der Waals surface area contributed by atoms with Crippen molar-refractivity contribution >= 4 is 11.8 Å². The van der Waals surface area contributed by atoms with E-state index in [1.54, 1.807) is 7.11 Å². The summed E-state index contributed by atoms with van der Waals surface area (Å²) >= 11 is 1.32. The fourth-order valence-electron chi connectivity index (χ4n) is 2.88. The Balaban J connectivity index is 1.34. The van der Waals surface area contributed by atoms with Crippen molar-refractivity contribution in [2.45, 2.75) is 31.4 Å². The minimum absolute atomic E-state index is 0.203. The molecule has 0 aliphatic rings. The van der Waals surface area contributed by atoms with Gasteiger partial charge >= 0.3 is 0 Å². The smallest absolute Gasteiger partial charge is 0.277 e. The molecule has 30 heavy (non-hydrogen) atoms. The average Bonchev–Trinajstić information content (AvgIpc) is 3.39. The molecule has 0 N–H and O–H groups in total. The molecule has 0 bridgehead atoms. The normalized spacial score (nSPS) is 10.9. The maximum atomic E-state index is 5.75. The van der Waals surface area contributed by atoms with Gasteiger partial charge in [0, 0.05) is 0 Å². The first-order valence-electron chi connectivity index (χ1n) is 9.23. The zero-order valence-corrected chi connectivity index (χ0v) is 17.6. The fraction of sp³-hybridized carbons (Fsp3) is 0.238. The Morgan fingerprint density at radius 2 is 1.67 bits per heavy atom. The number of rotatable bonds is 8. The molecule has 2 heterocycles. The first-order valence-corrected chi connectivity index (χ1v) is 10.2. The maximum absolute atomic E-state index is 5.75. The third-order valence-corrected chi connectivity index (χ3v) is 4.93. The number of nitrogens with zero attached hydrogens (tertiary/aromatic N) is 4. The zero-order chi connectivity index (χ0) is 20.9. The molecule has 0 aliphatic carbocycles. The second-order valence-electron chi connectivity index (χ2n) is 6.56. The van der Waals surface area contributed by atoms with Crippen LogP contribution < -0.4 is 9.47 Å².